The zero-order valence-corrected chi connectivity index (χ0v) is 13.5. The zero-order chi connectivity index (χ0) is 15.4. The zero-order valence-electron chi connectivity index (χ0n) is 13.5. The first-order chi connectivity index (χ1) is 11.3. The molecule has 2 saturated carbocycles. The molecule has 3 heteroatoms. The van der Waals surface area contributed by atoms with Crippen LogP contribution in [0.5, 0.6) is 0 Å². The molecular formula is C20H23NO2. The number of amides is 1. The van der Waals surface area contributed by atoms with Crippen molar-refractivity contribution in [3.8, 4) is 0 Å². The number of hydrogen-bond acceptors (Lipinski definition) is 2. The van der Waals surface area contributed by atoms with Crippen molar-refractivity contribution in [2.24, 2.45) is 5.92 Å². The van der Waals surface area contributed by atoms with Gasteiger partial charge in [0.25, 0.3) is 0 Å². The van der Waals surface area contributed by atoms with E-state index >= 15 is 0 Å². The largest absolute Gasteiger partial charge is 0.464 e. The molecule has 1 aromatic heterocycles. The summed E-state index contributed by atoms with van der Waals surface area (Å²) in [6, 6.07) is 4.98. The molecule has 0 radical (unpaired) electrons. The molecule has 120 valence electrons. The van der Waals surface area contributed by atoms with Crippen molar-refractivity contribution in [3.05, 3.63) is 35.1 Å². The van der Waals surface area contributed by atoms with E-state index in [9.17, 15) is 4.79 Å². The van der Waals surface area contributed by atoms with Gasteiger partial charge >= 0.3 is 0 Å². The van der Waals surface area contributed by atoms with Crippen molar-refractivity contribution in [2.75, 3.05) is 6.54 Å². The highest BCUT2D eigenvalue weighted by Crippen LogP contribution is 2.36. The van der Waals surface area contributed by atoms with E-state index in [-0.39, 0.29) is 0 Å². The van der Waals surface area contributed by atoms with Crippen LogP contribution in [0.15, 0.2) is 22.8 Å². The lowest BCUT2D eigenvalue weighted by Crippen LogP contribution is -2.36. The van der Waals surface area contributed by atoms with E-state index in [1.807, 2.05) is 0 Å². The molecule has 23 heavy (non-hydrogen) atoms. The molecule has 0 atom stereocenters. The summed E-state index contributed by atoms with van der Waals surface area (Å²) in [5.41, 5.74) is 4.90. The molecular weight excluding hydrogens is 286 g/mol. The van der Waals surface area contributed by atoms with Crippen LogP contribution in [-0.4, -0.2) is 23.4 Å². The summed E-state index contributed by atoms with van der Waals surface area (Å²) in [7, 11) is 0. The second-order valence-corrected chi connectivity index (χ2v) is 7.63. The van der Waals surface area contributed by atoms with Gasteiger partial charge in [-0.15, -0.1) is 0 Å². The molecule has 1 aromatic carbocycles. The molecule has 0 unspecified atom stereocenters. The maximum Gasteiger partial charge on any atom is 0.227 e. The van der Waals surface area contributed by atoms with Crippen molar-refractivity contribution < 1.29 is 9.21 Å². The molecule has 1 heterocycles. The highest BCUT2D eigenvalue weighted by Gasteiger charge is 2.36. The number of fused-ring (bicyclic) bond motifs is 2. The molecule has 3 nitrogen and oxygen atoms in total. The lowest BCUT2D eigenvalue weighted by atomic mass is 10.0. The van der Waals surface area contributed by atoms with Gasteiger partial charge in [-0.25, -0.2) is 0 Å². The van der Waals surface area contributed by atoms with Gasteiger partial charge < -0.3 is 9.32 Å². The van der Waals surface area contributed by atoms with Gasteiger partial charge in [0.05, 0.1) is 12.7 Å². The van der Waals surface area contributed by atoms with Crippen LogP contribution in [0.4, 0.5) is 0 Å². The van der Waals surface area contributed by atoms with Crippen molar-refractivity contribution >= 4 is 16.9 Å². The summed E-state index contributed by atoms with van der Waals surface area (Å²) in [6.07, 6.45) is 10.9. The lowest BCUT2D eigenvalue weighted by molar-refractivity contribution is -0.131. The van der Waals surface area contributed by atoms with Crippen LogP contribution in [0.2, 0.25) is 0 Å². The van der Waals surface area contributed by atoms with E-state index in [1.165, 1.54) is 49.7 Å². The topological polar surface area (TPSA) is 33.5 Å². The standard InChI is InChI=1S/C20H23NO2/c22-20(21(17-6-7-17)11-13-4-5-13)10-16-12-23-19-9-15-3-1-2-14(15)8-18(16)19/h8-9,12-13,17H,1-7,10-11H2. The summed E-state index contributed by atoms with van der Waals surface area (Å²) in [5, 5.41) is 1.15. The van der Waals surface area contributed by atoms with Crippen LogP contribution < -0.4 is 0 Å². The molecule has 5 rings (SSSR count). The summed E-state index contributed by atoms with van der Waals surface area (Å²) in [6.45, 7) is 0.981. The van der Waals surface area contributed by atoms with Crippen molar-refractivity contribution in [1.29, 1.82) is 0 Å². The fourth-order valence-electron chi connectivity index (χ4n) is 3.97. The molecule has 0 saturated heterocycles. The maximum absolute atomic E-state index is 12.8. The Balaban J connectivity index is 1.40. The van der Waals surface area contributed by atoms with Crippen molar-refractivity contribution in [3.63, 3.8) is 0 Å². The number of hydrogen-bond donors (Lipinski definition) is 0. The molecule has 0 N–H and O–H groups in total. The minimum Gasteiger partial charge on any atom is -0.464 e. The molecule has 1 amide bonds. The Bertz CT molecular complexity index is 767. The predicted molar refractivity (Wildman–Crippen MR) is 89.4 cm³/mol. The third-order valence-electron chi connectivity index (χ3n) is 5.67. The number of carbonyl (C=O) groups excluding carboxylic acids is 1. The van der Waals surface area contributed by atoms with Crippen LogP contribution in [0.25, 0.3) is 11.0 Å². The van der Waals surface area contributed by atoms with Crippen LogP contribution in [0.1, 0.15) is 48.8 Å². The smallest absolute Gasteiger partial charge is 0.227 e. The van der Waals surface area contributed by atoms with E-state index < -0.39 is 0 Å². The highest BCUT2D eigenvalue weighted by molar-refractivity contribution is 5.89. The fourth-order valence-corrected chi connectivity index (χ4v) is 3.97. The first-order valence-corrected chi connectivity index (χ1v) is 9.09. The average Bonchev–Trinajstić information content (AvgIpc) is 3.46. The van der Waals surface area contributed by atoms with E-state index in [0.717, 1.165) is 35.4 Å². The number of benzene rings is 1. The Labute approximate surface area is 136 Å². The van der Waals surface area contributed by atoms with Crippen LogP contribution in [0, 0.1) is 5.92 Å². The third-order valence-corrected chi connectivity index (χ3v) is 5.67. The monoisotopic (exact) mass is 309 g/mol. The normalized spacial score (nSPS) is 20.0. The summed E-state index contributed by atoms with van der Waals surface area (Å²) < 4.78 is 5.75. The number of furan rings is 1. The van der Waals surface area contributed by atoms with Gasteiger partial charge in [0, 0.05) is 23.5 Å². The third kappa shape index (κ3) is 2.56. The molecule has 2 fully saturated rings. The second kappa shape index (κ2) is 5.12. The van der Waals surface area contributed by atoms with E-state index in [2.05, 4.69) is 17.0 Å². The van der Waals surface area contributed by atoms with E-state index in [4.69, 9.17) is 4.42 Å². The van der Waals surface area contributed by atoms with Crippen molar-refractivity contribution in [2.45, 2.75) is 57.4 Å². The second-order valence-electron chi connectivity index (χ2n) is 7.63. The van der Waals surface area contributed by atoms with Gasteiger partial charge in [-0.3, -0.25) is 4.79 Å². The highest BCUT2D eigenvalue weighted by atomic mass is 16.3. The minimum atomic E-state index is 0.294. The summed E-state index contributed by atoms with van der Waals surface area (Å²) in [4.78, 5) is 15.0. The SMILES string of the molecule is O=C(Cc1coc2cc3c(cc12)CCC3)N(CC1CC1)C1CC1. The quantitative estimate of drug-likeness (QED) is 0.840. The molecule has 0 spiro atoms. The van der Waals surface area contributed by atoms with Gasteiger partial charge in [-0.1, -0.05) is 0 Å². The first-order valence-electron chi connectivity index (χ1n) is 9.09. The predicted octanol–water partition coefficient (Wildman–Crippen LogP) is 3.87. The number of aryl methyl sites for hydroxylation is 2. The Kier molecular flexibility index (Phi) is 3.04. The Morgan fingerprint density at radius 3 is 2.65 bits per heavy atom. The van der Waals surface area contributed by atoms with E-state index in [1.54, 1.807) is 6.26 Å². The van der Waals surface area contributed by atoms with Crippen LogP contribution >= 0.6 is 0 Å². The van der Waals surface area contributed by atoms with Gasteiger partial charge in [-0.2, -0.15) is 0 Å². The van der Waals surface area contributed by atoms with Crippen LogP contribution in [0.3, 0.4) is 0 Å². The molecule has 0 aliphatic heterocycles. The first kappa shape index (κ1) is 13.6. The van der Waals surface area contributed by atoms with Crippen molar-refractivity contribution in [1.82, 2.24) is 4.90 Å². The number of nitrogens with zero attached hydrogens (tertiary/aromatic N) is 1. The Hall–Kier alpha value is -1.77. The lowest BCUT2D eigenvalue weighted by Gasteiger charge is -2.22. The molecule has 0 bridgehead atoms. The van der Waals surface area contributed by atoms with Gasteiger partial charge in [0.1, 0.15) is 5.58 Å². The van der Waals surface area contributed by atoms with Gasteiger partial charge in [0.2, 0.25) is 5.91 Å². The minimum absolute atomic E-state index is 0.294. The van der Waals surface area contributed by atoms with Gasteiger partial charge in [0.15, 0.2) is 0 Å². The van der Waals surface area contributed by atoms with Crippen LogP contribution in [-0.2, 0) is 24.1 Å². The Morgan fingerprint density at radius 2 is 1.91 bits per heavy atom. The molecule has 2 aromatic rings. The number of carbonyl (C=O) groups is 1. The fraction of sp³-hybridized carbons (Fsp3) is 0.550. The van der Waals surface area contributed by atoms with E-state index in [0.29, 0.717) is 18.4 Å². The number of rotatable bonds is 5. The molecule has 3 aliphatic rings. The average molecular weight is 309 g/mol. The Morgan fingerprint density at radius 1 is 1.13 bits per heavy atom. The summed E-state index contributed by atoms with van der Waals surface area (Å²) in [5.74, 6) is 1.06. The van der Waals surface area contributed by atoms with Gasteiger partial charge in [-0.05, 0) is 74.1 Å². The molecule has 3 aliphatic carbocycles. The maximum atomic E-state index is 12.8. The summed E-state index contributed by atoms with van der Waals surface area (Å²) >= 11 is 0.